The molecule has 1 fully saturated rings. The summed E-state index contributed by atoms with van der Waals surface area (Å²) in [4.78, 5) is 27.0. The summed E-state index contributed by atoms with van der Waals surface area (Å²) in [6.45, 7) is 1.48. The molecule has 1 atom stereocenters. The van der Waals surface area contributed by atoms with E-state index in [0.29, 0.717) is 57.9 Å². The van der Waals surface area contributed by atoms with Gasteiger partial charge in [0, 0.05) is 47.9 Å². The largest absolute Gasteiger partial charge is 0.384 e. The van der Waals surface area contributed by atoms with Gasteiger partial charge in [-0.2, -0.15) is 4.72 Å². The van der Waals surface area contributed by atoms with E-state index in [2.05, 4.69) is 15.4 Å². The first-order chi connectivity index (χ1) is 21.0. The Labute approximate surface area is 267 Å². The van der Waals surface area contributed by atoms with Crippen molar-refractivity contribution in [2.45, 2.75) is 36.6 Å². The van der Waals surface area contributed by atoms with Crippen LogP contribution in [0.4, 0.5) is 4.79 Å². The molecule has 13 heteroatoms. The predicted molar refractivity (Wildman–Crippen MR) is 174 cm³/mol. The number of carbonyl (C=O) groups is 2. The Balaban J connectivity index is 1.55. The highest BCUT2D eigenvalue weighted by molar-refractivity contribution is 7.89. The van der Waals surface area contributed by atoms with Gasteiger partial charge in [-0.05, 0) is 73.1 Å². The first-order valence-electron chi connectivity index (χ1n) is 14.2. The number of nitrogens with zero attached hydrogens (tertiary/aromatic N) is 1. The fourth-order valence-corrected chi connectivity index (χ4v) is 6.98. The Morgan fingerprint density at radius 1 is 1.05 bits per heavy atom. The summed E-state index contributed by atoms with van der Waals surface area (Å²) in [7, 11) is -2.59. The molecule has 0 aliphatic carbocycles. The monoisotopic (exact) mass is 658 g/mol. The highest BCUT2D eigenvalue weighted by atomic mass is 35.5. The number of likely N-dealkylation sites (tertiary alicyclic amines) is 1. The summed E-state index contributed by atoms with van der Waals surface area (Å²) in [6.07, 6.45) is 2.34. The van der Waals surface area contributed by atoms with Crippen molar-refractivity contribution < 1.29 is 18.0 Å². The lowest BCUT2D eigenvalue weighted by molar-refractivity contribution is -0.134. The molecular weight excluding hydrogens is 623 g/mol. The molecule has 10 nitrogen and oxygen atoms in total. The summed E-state index contributed by atoms with van der Waals surface area (Å²) in [5.74, 6) is -0.123. The second kappa shape index (κ2) is 14.9. The van der Waals surface area contributed by atoms with Crippen LogP contribution in [0.15, 0.2) is 71.6 Å². The molecule has 0 unspecified atom stereocenters. The van der Waals surface area contributed by atoms with Crippen molar-refractivity contribution in [3.8, 4) is 11.1 Å². The van der Waals surface area contributed by atoms with Crippen LogP contribution >= 0.6 is 23.2 Å². The van der Waals surface area contributed by atoms with E-state index < -0.39 is 16.1 Å². The molecule has 1 heterocycles. The van der Waals surface area contributed by atoms with Crippen molar-refractivity contribution in [2.75, 3.05) is 26.7 Å². The summed E-state index contributed by atoms with van der Waals surface area (Å²) in [5, 5.41) is 13.9. The maximum absolute atomic E-state index is 13.9. The maximum atomic E-state index is 13.9. The molecule has 0 bridgehead atoms. The number of rotatable bonds is 11. The van der Waals surface area contributed by atoms with E-state index in [-0.39, 0.29) is 29.1 Å². The smallest absolute Gasteiger partial charge is 0.314 e. The lowest BCUT2D eigenvalue weighted by atomic mass is 9.93. The normalized spacial score (nSPS) is 14.6. The number of carbonyl (C=O) groups excluding carboxylic acids is 2. The zero-order chi connectivity index (χ0) is 31.9. The highest BCUT2D eigenvalue weighted by Crippen LogP contribution is 2.31. The van der Waals surface area contributed by atoms with Gasteiger partial charge in [0.25, 0.3) is 0 Å². The van der Waals surface area contributed by atoms with Gasteiger partial charge in [-0.1, -0.05) is 59.6 Å². The molecule has 0 saturated carbocycles. The van der Waals surface area contributed by atoms with E-state index in [0.717, 1.165) is 19.3 Å². The number of halogens is 2. The molecule has 0 spiro atoms. The van der Waals surface area contributed by atoms with E-state index in [9.17, 15) is 18.0 Å². The van der Waals surface area contributed by atoms with Gasteiger partial charge in [0.05, 0.1) is 4.90 Å². The molecule has 3 aromatic carbocycles. The zero-order valence-corrected chi connectivity index (χ0v) is 26.6. The van der Waals surface area contributed by atoms with E-state index in [1.54, 1.807) is 66.5 Å². The Hall–Kier alpha value is -3.64. The number of nitrogens with two attached hydrogens (primary N) is 1. The quantitative estimate of drug-likeness (QED) is 0.152. The van der Waals surface area contributed by atoms with Crippen molar-refractivity contribution in [1.29, 1.82) is 5.41 Å². The molecule has 4 rings (SSSR count). The van der Waals surface area contributed by atoms with Gasteiger partial charge in [-0.3, -0.25) is 10.2 Å². The molecule has 1 aliphatic rings. The van der Waals surface area contributed by atoms with E-state index in [1.165, 1.54) is 12.1 Å². The first kappa shape index (κ1) is 33.3. The molecule has 6 N–H and O–H groups in total. The molecule has 234 valence electrons. The second-order valence-corrected chi connectivity index (χ2v) is 13.3. The van der Waals surface area contributed by atoms with Gasteiger partial charge in [0.1, 0.15) is 11.9 Å². The molecule has 1 saturated heterocycles. The van der Waals surface area contributed by atoms with Gasteiger partial charge in [-0.15, -0.1) is 0 Å². The molecule has 3 aromatic rings. The van der Waals surface area contributed by atoms with E-state index in [4.69, 9.17) is 34.3 Å². The average Bonchev–Trinajstić information content (AvgIpc) is 3.00. The third kappa shape index (κ3) is 8.72. The highest BCUT2D eigenvalue weighted by Gasteiger charge is 2.32. The van der Waals surface area contributed by atoms with Crippen molar-refractivity contribution in [1.82, 2.24) is 20.3 Å². The van der Waals surface area contributed by atoms with Crippen molar-refractivity contribution in [2.24, 2.45) is 11.7 Å². The van der Waals surface area contributed by atoms with Crippen LogP contribution in [0.25, 0.3) is 11.1 Å². The predicted octanol–water partition coefficient (Wildman–Crippen LogP) is 4.39. The Morgan fingerprint density at radius 2 is 1.77 bits per heavy atom. The maximum Gasteiger partial charge on any atom is 0.314 e. The average molecular weight is 660 g/mol. The fraction of sp³-hybridized carbons (Fsp3) is 0.323. The number of nitrogens with one attached hydrogen (secondary N) is 4. The molecule has 44 heavy (non-hydrogen) atoms. The summed E-state index contributed by atoms with van der Waals surface area (Å²) in [6, 6.07) is 16.8. The minimum Gasteiger partial charge on any atom is -0.384 e. The number of nitrogen functional groups attached to an aromatic ring is 1. The third-order valence-electron chi connectivity index (χ3n) is 7.65. The van der Waals surface area contributed by atoms with Crippen LogP contribution in [0.1, 0.15) is 30.4 Å². The lowest BCUT2D eigenvalue weighted by Crippen LogP contribution is -2.51. The van der Waals surface area contributed by atoms with Crippen molar-refractivity contribution >= 4 is 51.0 Å². The number of urea groups is 1. The van der Waals surface area contributed by atoms with Crippen LogP contribution < -0.4 is 21.1 Å². The van der Waals surface area contributed by atoms with E-state index in [1.807, 2.05) is 0 Å². The standard InChI is InChI=1S/C31H36Cl2N6O4S/c1-36-31(41)37-13-10-20-11-14-39(15-12-20)30(40)28(17-21-4-2-6-23(16-21)29(34)35)38-44(42,43)25-7-3-5-22(18-25)26-9-8-24(32)19-27(26)33/h2-9,16,18-20,28,38H,10-15,17H2,1H3,(H3,34,35)(H2,36,37,41)/t28-/m0/s1. The fourth-order valence-electron chi connectivity index (χ4n) is 5.23. The second-order valence-electron chi connectivity index (χ2n) is 10.7. The van der Waals surface area contributed by atoms with Crippen LogP contribution in [-0.4, -0.2) is 63.8 Å². The summed E-state index contributed by atoms with van der Waals surface area (Å²) >= 11 is 12.4. The lowest BCUT2D eigenvalue weighted by Gasteiger charge is -2.34. The van der Waals surface area contributed by atoms with E-state index >= 15 is 0 Å². The molecular formula is C31H36Cl2N6O4S. The van der Waals surface area contributed by atoms with Crippen LogP contribution in [0, 0.1) is 11.3 Å². The van der Waals surface area contributed by atoms with Gasteiger partial charge >= 0.3 is 6.03 Å². The number of hydrogen-bond donors (Lipinski definition) is 5. The number of piperidine rings is 1. The summed E-state index contributed by atoms with van der Waals surface area (Å²) < 4.78 is 30.1. The third-order valence-corrected chi connectivity index (χ3v) is 9.67. The van der Waals surface area contributed by atoms with Gasteiger partial charge < -0.3 is 21.3 Å². The van der Waals surface area contributed by atoms with Crippen molar-refractivity contribution in [3.63, 3.8) is 0 Å². The van der Waals surface area contributed by atoms with Crippen LogP contribution in [0.5, 0.6) is 0 Å². The Morgan fingerprint density at radius 3 is 2.45 bits per heavy atom. The van der Waals surface area contributed by atoms with Gasteiger partial charge in [-0.25, -0.2) is 13.2 Å². The van der Waals surface area contributed by atoms with Gasteiger partial charge in [0.2, 0.25) is 15.9 Å². The minimum atomic E-state index is -4.15. The number of hydrogen-bond acceptors (Lipinski definition) is 5. The number of amides is 3. The van der Waals surface area contributed by atoms with Gasteiger partial charge in [0.15, 0.2) is 0 Å². The zero-order valence-electron chi connectivity index (χ0n) is 24.3. The topological polar surface area (TPSA) is 157 Å². The first-order valence-corrected chi connectivity index (χ1v) is 16.5. The molecule has 0 radical (unpaired) electrons. The molecule has 1 aliphatic heterocycles. The molecule has 0 aromatic heterocycles. The number of sulfonamides is 1. The Bertz CT molecular complexity index is 1630. The van der Waals surface area contributed by atoms with Crippen molar-refractivity contribution in [3.05, 3.63) is 87.9 Å². The minimum absolute atomic E-state index is 0.0152. The van der Waals surface area contributed by atoms with Crippen LogP contribution in [0.2, 0.25) is 10.0 Å². The summed E-state index contributed by atoms with van der Waals surface area (Å²) in [5.41, 5.74) is 8.02. The van der Waals surface area contributed by atoms with Crippen LogP contribution in [-0.2, 0) is 21.2 Å². The van der Waals surface area contributed by atoms with Crippen LogP contribution in [0.3, 0.4) is 0 Å². The number of amidine groups is 1. The number of benzene rings is 3. The SMILES string of the molecule is CNC(=O)NCCC1CCN(C(=O)[C@H](Cc2cccc(C(=N)N)c2)NS(=O)(=O)c2cccc(-c3ccc(Cl)cc3Cl)c2)CC1. The Kier molecular flexibility index (Phi) is 11.3. The molecule has 3 amide bonds.